The summed E-state index contributed by atoms with van der Waals surface area (Å²) in [5.41, 5.74) is 0.345. The number of nitrogens with one attached hydrogen (secondary N) is 1. The molecule has 0 amide bonds. The highest BCUT2D eigenvalue weighted by atomic mass is 79.9. The van der Waals surface area contributed by atoms with E-state index in [9.17, 15) is 13.2 Å². The van der Waals surface area contributed by atoms with Gasteiger partial charge in [-0.2, -0.15) is 0 Å². The van der Waals surface area contributed by atoms with Gasteiger partial charge in [0.25, 0.3) is 10.0 Å². The lowest BCUT2D eigenvalue weighted by atomic mass is 10.1. The van der Waals surface area contributed by atoms with Crippen LogP contribution in [0.5, 0.6) is 0 Å². The van der Waals surface area contributed by atoms with Crippen LogP contribution >= 0.6 is 15.9 Å². The van der Waals surface area contributed by atoms with Gasteiger partial charge >= 0.3 is 5.97 Å². The maximum absolute atomic E-state index is 12.1. The van der Waals surface area contributed by atoms with Crippen LogP contribution in [0.1, 0.15) is 15.9 Å². The molecule has 0 unspecified atom stereocenters. The van der Waals surface area contributed by atoms with Crippen molar-refractivity contribution < 1.29 is 22.8 Å². The van der Waals surface area contributed by atoms with Gasteiger partial charge in [-0.1, -0.05) is 21.1 Å². The summed E-state index contributed by atoms with van der Waals surface area (Å²) in [7, 11) is -3.94. The smallest absolute Gasteiger partial charge is 0.336 e. The quantitative estimate of drug-likeness (QED) is 0.864. The van der Waals surface area contributed by atoms with Gasteiger partial charge < -0.3 is 9.63 Å². The number of aromatic carboxylic acids is 1. The Bertz CT molecular complexity index is 755. The number of anilines is 1. The van der Waals surface area contributed by atoms with Crippen molar-refractivity contribution in [3.05, 3.63) is 40.1 Å². The first-order valence-electron chi connectivity index (χ1n) is 5.28. The predicted octanol–water partition coefficient (Wildman–Crippen LogP) is 2.24. The third-order valence-corrected chi connectivity index (χ3v) is 4.69. The molecule has 0 fully saturated rings. The molecular weight excluding hydrogens is 352 g/mol. The summed E-state index contributed by atoms with van der Waals surface area (Å²) in [5, 5.41) is 12.5. The Morgan fingerprint density at radius 3 is 2.70 bits per heavy atom. The SMILES string of the molecule is Cc1c(Br)cc(S(=O)(=O)Nc2ccon2)cc1C(=O)O. The van der Waals surface area contributed by atoms with E-state index in [1.807, 2.05) is 0 Å². The first kappa shape index (κ1) is 14.5. The number of aromatic nitrogens is 1. The van der Waals surface area contributed by atoms with Crippen molar-refractivity contribution in [2.75, 3.05) is 4.72 Å². The molecule has 0 radical (unpaired) electrons. The van der Waals surface area contributed by atoms with Crippen LogP contribution in [-0.4, -0.2) is 24.7 Å². The molecule has 20 heavy (non-hydrogen) atoms. The summed E-state index contributed by atoms with van der Waals surface area (Å²) < 4.78 is 31.4. The Morgan fingerprint density at radius 1 is 1.45 bits per heavy atom. The van der Waals surface area contributed by atoms with Crippen molar-refractivity contribution in [1.82, 2.24) is 5.16 Å². The minimum absolute atomic E-state index is 0.0126. The summed E-state index contributed by atoms with van der Waals surface area (Å²) in [6, 6.07) is 3.74. The Kier molecular flexibility index (Phi) is 3.82. The number of hydrogen-bond donors (Lipinski definition) is 2. The summed E-state index contributed by atoms with van der Waals surface area (Å²) in [5.74, 6) is -1.19. The molecule has 1 aromatic carbocycles. The fourth-order valence-electron chi connectivity index (χ4n) is 1.49. The Labute approximate surface area is 122 Å². The fraction of sp³-hybridized carbons (Fsp3) is 0.0909. The largest absolute Gasteiger partial charge is 0.478 e. The van der Waals surface area contributed by atoms with E-state index >= 15 is 0 Å². The van der Waals surface area contributed by atoms with Gasteiger partial charge in [0.1, 0.15) is 6.26 Å². The number of hydrogen-bond acceptors (Lipinski definition) is 5. The van der Waals surface area contributed by atoms with E-state index in [4.69, 9.17) is 5.11 Å². The van der Waals surface area contributed by atoms with E-state index in [1.165, 1.54) is 18.4 Å². The molecule has 2 aromatic rings. The first-order chi connectivity index (χ1) is 9.31. The molecule has 1 heterocycles. The zero-order valence-corrected chi connectivity index (χ0v) is 12.5. The van der Waals surface area contributed by atoms with E-state index in [-0.39, 0.29) is 16.3 Å². The van der Waals surface area contributed by atoms with Crippen LogP contribution in [0.3, 0.4) is 0 Å². The van der Waals surface area contributed by atoms with Gasteiger partial charge in [0, 0.05) is 10.5 Å². The van der Waals surface area contributed by atoms with Gasteiger partial charge in [-0.05, 0) is 24.6 Å². The van der Waals surface area contributed by atoms with Crippen molar-refractivity contribution in [3.8, 4) is 0 Å². The molecule has 0 bridgehead atoms. The lowest BCUT2D eigenvalue weighted by Gasteiger charge is -2.09. The molecule has 0 atom stereocenters. The van der Waals surface area contributed by atoms with Crippen molar-refractivity contribution >= 4 is 37.7 Å². The standard InChI is InChI=1S/C11H9BrN2O5S/c1-6-8(11(15)16)4-7(5-9(6)12)20(17,18)14-10-2-3-19-13-10/h2-5H,1H3,(H,13,14)(H,15,16). The van der Waals surface area contributed by atoms with E-state index in [0.717, 1.165) is 6.07 Å². The normalized spacial score (nSPS) is 11.3. The number of carboxylic acid groups (broad SMARTS) is 1. The van der Waals surface area contributed by atoms with E-state index in [2.05, 4.69) is 30.3 Å². The van der Waals surface area contributed by atoms with Crippen molar-refractivity contribution in [3.63, 3.8) is 0 Å². The van der Waals surface area contributed by atoms with Crippen LogP contribution in [0, 0.1) is 6.92 Å². The maximum atomic E-state index is 12.1. The molecule has 2 N–H and O–H groups in total. The highest BCUT2D eigenvalue weighted by Gasteiger charge is 2.20. The number of carbonyl (C=O) groups is 1. The molecule has 2 rings (SSSR count). The average Bonchev–Trinajstić information content (AvgIpc) is 2.83. The van der Waals surface area contributed by atoms with Crippen LogP contribution in [-0.2, 0) is 10.0 Å². The van der Waals surface area contributed by atoms with E-state index in [1.54, 1.807) is 6.92 Å². The predicted molar refractivity (Wildman–Crippen MR) is 73.1 cm³/mol. The number of benzene rings is 1. The van der Waals surface area contributed by atoms with Crippen LogP contribution < -0.4 is 4.72 Å². The van der Waals surface area contributed by atoms with E-state index < -0.39 is 16.0 Å². The number of sulfonamides is 1. The fourth-order valence-corrected chi connectivity index (χ4v) is 3.15. The molecule has 0 spiro atoms. The molecule has 0 aliphatic carbocycles. The molecule has 1 aromatic heterocycles. The van der Waals surface area contributed by atoms with Gasteiger partial charge in [-0.15, -0.1) is 0 Å². The van der Waals surface area contributed by atoms with Crippen LogP contribution in [0.15, 0.2) is 38.4 Å². The zero-order chi connectivity index (χ0) is 14.9. The van der Waals surface area contributed by atoms with E-state index in [0.29, 0.717) is 10.0 Å². The molecule has 0 saturated heterocycles. The molecule has 7 nitrogen and oxygen atoms in total. The average molecular weight is 361 g/mol. The van der Waals surface area contributed by atoms with Gasteiger partial charge in [-0.25, -0.2) is 13.2 Å². The third kappa shape index (κ3) is 2.83. The number of carboxylic acids is 1. The molecule has 0 aliphatic rings. The molecule has 106 valence electrons. The summed E-state index contributed by atoms with van der Waals surface area (Å²) in [6.45, 7) is 1.58. The molecular formula is C11H9BrN2O5S. The molecule has 0 saturated carbocycles. The third-order valence-electron chi connectivity index (χ3n) is 2.54. The van der Waals surface area contributed by atoms with Crippen LogP contribution in [0.4, 0.5) is 5.82 Å². The molecule has 9 heteroatoms. The lowest BCUT2D eigenvalue weighted by Crippen LogP contribution is -2.14. The van der Waals surface area contributed by atoms with Crippen molar-refractivity contribution in [2.45, 2.75) is 11.8 Å². The highest BCUT2D eigenvalue weighted by Crippen LogP contribution is 2.26. The zero-order valence-electron chi connectivity index (χ0n) is 10.1. The molecule has 0 aliphatic heterocycles. The minimum Gasteiger partial charge on any atom is -0.478 e. The summed E-state index contributed by atoms with van der Waals surface area (Å²) in [6.07, 6.45) is 1.21. The summed E-state index contributed by atoms with van der Waals surface area (Å²) in [4.78, 5) is 10.9. The number of rotatable bonds is 4. The Hall–Kier alpha value is -1.87. The van der Waals surface area contributed by atoms with Crippen LogP contribution in [0.2, 0.25) is 0 Å². The second-order valence-electron chi connectivity index (χ2n) is 3.87. The van der Waals surface area contributed by atoms with Crippen LogP contribution in [0.25, 0.3) is 0 Å². The van der Waals surface area contributed by atoms with Gasteiger partial charge in [-0.3, -0.25) is 4.72 Å². The lowest BCUT2D eigenvalue weighted by molar-refractivity contribution is 0.0695. The summed E-state index contributed by atoms with van der Waals surface area (Å²) >= 11 is 3.15. The minimum atomic E-state index is -3.94. The second-order valence-corrected chi connectivity index (χ2v) is 6.41. The monoisotopic (exact) mass is 360 g/mol. The van der Waals surface area contributed by atoms with Gasteiger partial charge in [0.2, 0.25) is 0 Å². The maximum Gasteiger partial charge on any atom is 0.336 e. The Balaban J connectivity index is 2.49. The first-order valence-corrected chi connectivity index (χ1v) is 7.55. The second kappa shape index (κ2) is 5.25. The number of halogens is 1. The van der Waals surface area contributed by atoms with Crippen molar-refractivity contribution in [1.29, 1.82) is 0 Å². The number of nitrogens with zero attached hydrogens (tertiary/aromatic N) is 1. The Morgan fingerprint density at radius 2 is 2.15 bits per heavy atom. The highest BCUT2D eigenvalue weighted by molar-refractivity contribution is 9.10. The van der Waals surface area contributed by atoms with Gasteiger partial charge in [0.15, 0.2) is 5.82 Å². The van der Waals surface area contributed by atoms with Gasteiger partial charge in [0.05, 0.1) is 10.5 Å². The van der Waals surface area contributed by atoms with Crippen molar-refractivity contribution in [2.24, 2.45) is 0 Å². The topological polar surface area (TPSA) is 110 Å².